The number of aromatic amines is 1. The molecule has 2 heterocycles. The van der Waals surface area contributed by atoms with Crippen LogP contribution in [0.2, 0.25) is 0 Å². The Kier molecular flexibility index (Phi) is 3.37. The summed E-state index contributed by atoms with van der Waals surface area (Å²) < 4.78 is 27.3. The summed E-state index contributed by atoms with van der Waals surface area (Å²) in [6.07, 6.45) is 3.39. The fourth-order valence-electron chi connectivity index (χ4n) is 3.85. The normalized spacial score (nSPS) is 26.2. The largest absolute Gasteiger partial charge is 0.477 e. The third-order valence-corrected chi connectivity index (χ3v) is 6.98. The molecule has 3 rings (SSSR count). The second kappa shape index (κ2) is 4.84. The first-order valence-corrected chi connectivity index (χ1v) is 8.69. The maximum Gasteiger partial charge on any atom is 0.352 e. The first-order valence-electron chi connectivity index (χ1n) is 7.25. The first kappa shape index (κ1) is 14.6. The molecule has 2 N–H and O–H groups in total. The van der Waals surface area contributed by atoms with Gasteiger partial charge in [0.15, 0.2) is 0 Å². The molecule has 1 aromatic heterocycles. The highest BCUT2D eigenvalue weighted by Crippen LogP contribution is 2.40. The number of carboxylic acid groups (broad SMARTS) is 1. The lowest BCUT2D eigenvalue weighted by atomic mass is 10.0. The molecule has 2 atom stereocenters. The predicted octanol–water partition coefficient (Wildman–Crippen LogP) is 1.75. The van der Waals surface area contributed by atoms with Crippen LogP contribution < -0.4 is 0 Å². The number of carboxylic acids is 1. The Bertz CT molecular complexity index is 680. The van der Waals surface area contributed by atoms with Crippen LogP contribution >= 0.6 is 0 Å². The van der Waals surface area contributed by atoms with Crippen LogP contribution in [0.5, 0.6) is 0 Å². The Hall–Kier alpha value is -1.34. The van der Waals surface area contributed by atoms with Crippen molar-refractivity contribution in [1.82, 2.24) is 9.29 Å². The second-order valence-corrected chi connectivity index (χ2v) is 8.03. The lowest BCUT2D eigenvalue weighted by Crippen LogP contribution is -2.30. The van der Waals surface area contributed by atoms with Gasteiger partial charge >= 0.3 is 5.97 Å². The Morgan fingerprint density at radius 3 is 2.29 bits per heavy atom. The molecule has 0 aromatic carbocycles. The number of carbonyl (C=O) groups is 1. The number of nitrogens with one attached hydrogen (secondary N) is 1. The van der Waals surface area contributed by atoms with Crippen molar-refractivity contribution < 1.29 is 18.3 Å². The van der Waals surface area contributed by atoms with Crippen molar-refractivity contribution in [2.24, 2.45) is 11.8 Å². The molecule has 2 unspecified atom stereocenters. The van der Waals surface area contributed by atoms with Crippen LogP contribution in [0.1, 0.15) is 41.0 Å². The van der Waals surface area contributed by atoms with E-state index in [2.05, 4.69) is 4.98 Å². The van der Waals surface area contributed by atoms with Gasteiger partial charge in [-0.2, -0.15) is 4.31 Å². The van der Waals surface area contributed by atoms with E-state index >= 15 is 0 Å². The van der Waals surface area contributed by atoms with E-state index in [-0.39, 0.29) is 10.6 Å². The van der Waals surface area contributed by atoms with E-state index in [1.807, 2.05) is 0 Å². The minimum Gasteiger partial charge on any atom is -0.477 e. The number of aryl methyl sites for hydroxylation is 1. The molecule has 1 saturated carbocycles. The Morgan fingerprint density at radius 1 is 1.24 bits per heavy atom. The van der Waals surface area contributed by atoms with E-state index in [4.69, 9.17) is 5.11 Å². The molecule has 21 heavy (non-hydrogen) atoms. The van der Waals surface area contributed by atoms with Gasteiger partial charge in [-0.25, -0.2) is 13.2 Å². The zero-order valence-electron chi connectivity index (χ0n) is 12.2. The predicted molar refractivity (Wildman–Crippen MR) is 76.8 cm³/mol. The van der Waals surface area contributed by atoms with Crippen molar-refractivity contribution in [1.29, 1.82) is 0 Å². The Morgan fingerprint density at radius 2 is 1.81 bits per heavy atom. The number of hydrogen-bond donors (Lipinski definition) is 2. The standard InChI is InChI=1S/C14H20N2O4S/c1-8-12(14(17)18)15-9(2)13(8)21(19,20)16-6-10-4-3-5-11(10)7-16/h10-11,15H,3-7H2,1-2H3,(H,17,18). The van der Waals surface area contributed by atoms with E-state index in [0.717, 1.165) is 12.8 Å². The van der Waals surface area contributed by atoms with Gasteiger partial charge < -0.3 is 10.1 Å². The molecule has 0 radical (unpaired) electrons. The zero-order valence-corrected chi connectivity index (χ0v) is 13.0. The average Bonchev–Trinajstić information content (AvgIpc) is 3.01. The van der Waals surface area contributed by atoms with Gasteiger partial charge in [0.1, 0.15) is 10.6 Å². The molecule has 0 amide bonds. The SMILES string of the molecule is Cc1[nH]c(C(=O)O)c(C)c1S(=O)(=O)N1CC2CCCC2C1. The van der Waals surface area contributed by atoms with Gasteiger partial charge in [0.05, 0.1) is 0 Å². The van der Waals surface area contributed by atoms with Crippen LogP contribution in [-0.4, -0.2) is 41.9 Å². The van der Waals surface area contributed by atoms with Gasteiger partial charge in [0.25, 0.3) is 0 Å². The maximum atomic E-state index is 12.9. The highest BCUT2D eigenvalue weighted by Gasteiger charge is 2.42. The van der Waals surface area contributed by atoms with Crippen molar-refractivity contribution in [2.45, 2.75) is 38.0 Å². The fraction of sp³-hybridized carbons (Fsp3) is 0.643. The molecule has 116 valence electrons. The van der Waals surface area contributed by atoms with Crippen molar-refractivity contribution in [3.8, 4) is 0 Å². The van der Waals surface area contributed by atoms with Crippen LogP contribution in [0.4, 0.5) is 0 Å². The molecular formula is C14H20N2O4S. The quantitative estimate of drug-likeness (QED) is 0.889. The van der Waals surface area contributed by atoms with Crippen LogP contribution in [0.25, 0.3) is 0 Å². The molecule has 1 aliphatic carbocycles. The first-order chi connectivity index (χ1) is 9.82. The van der Waals surface area contributed by atoms with Gasteiger partial charge in [-0.05, 0) is 38.5 Å². The Labute approximate surface area is 124 Å². The van der Waals surface area contributed by atoms with Gasteiger partial charge in [-0.15, -0.1) is 0 Å². The lowest BCUT2D eigenvalue weighted by Gasteiger charge is -2.18. The minimum atomic E-state index is -3.62. The zero-order chi connectivity index (χ0) is 15.4. The molecule has 7 heteroatoms. The van der Waals surface area contributed by atoms with Crippen molar-refractivity contribution in [3.63, 3.8) is 0 Å². The van der Waals surface area contributed by atoms with Crippen molar-refractivity contribution in [3.05, 3.63) is 17.0 Å². The highest BCUT2D eigenvalue weighted by molar-refractivity contribution is 7.89. The number of fused-ring (bicyclic) bond motifs is 1. The smallest absolute Gasteiger partial charge is 0.352 e. The summed E-state index contributed by atoms with van der Waals surface area (Å²) in [7, 11) is -3.62. The molecule has 1 saturated heterocycles. The summed E-state index contributed by atoms with van der Waals surface area (Å²) in [5, 5.41) is 9.13. The van der Waals surface area contributed by atoms with E-state index in [0.29, 0.717) is 36.2 Å². The van der Waals surface area contributed by atoms with E-state index in [1.54, 1.807) is 13.8 Å². The van der Waals surface area contributed by atoms with Gasteiger partial charge in [-0.3, -0.25) is 0 Å². The number of rotatable bonds is 3. The maximum absolute atomic E-state index is 12.9. The summed E-state index contributed by atoms with van der Waals surface area (Å²) in [4.78, 5) is 14.0. The molecule has 2 aliphatic rings. The number of aromatic nitrogens is 1. The molecule has 6 nitrogen and oxygen atoms in total. The molecule has 0 spiro atoms. The van der Waals surface area contributed by atoms with Crippen LogP contribution in [0.15, 0.2) is 4.90 Å². The third-order valence-electron chi connectivity index (χ3n) is 4.87. The van der Waals surface area contributed by atoms with E-state index < -0.39 is 16.0 Å². The minimum absolute atomic E-state index is 0.0366. The van der Waals surface area contributed by atoms with Gasteiger partial charge in [-0.1, -0.05) is 6.42 Å². The highest BCUT2D eigenvalue weighted by atomic mass is 32.2. The number of nitrogens with zero attached hydrogens (tertiary/aromatic N) is 1. The van der Waals surface area contributed by atoms with Crippen LogP contribution in [-0.2, 0) is 10.0 Å². The fourth-order valence-corrected chi connectivity index (χ4v) is 5.81. The topological polar surface area (TPSA) is 90.5 Å². The van der Waals surface area contributed by atoms with Crippen molar-refractivity contribution in [2.75, 3.05) is 13.1 Å². The van der Waals surface area contributed by atoms with Gasteiger partial charge in [0.2, 0.25) is 10.0 Å². The summed E-state index contributed by atoms with van der Waals surface area (Å²) >= 11 is 0. The third kappa shape index (κ3) is 2.19. The summed E-state index contributed by atoms with van der Waals surface area (Å²) in [5.74, 6) is -0.188. The lowest BCUT2D eigenvalue weighted by molar-refractivity contribution is 0.0690. The van der Waals surface area contributed by atoms with E-state index in [1.165, 1.54) is 10.7 Å². The molecule has 0 bridgehead atoms. The van der Waals surface area contributed by atoms with Gasteiger partial charge in [0, 0.05) is 24.3 Å². The average molecular weight is 312 g/mol. The van der Waals surface area contributed by atoms with Crippen molar-refractivity contribution >= 4 is 16.0 Å². The molecule has 2 fully saturated rings. The molecule has 1 aromatic rings. The van der Waals surface area contributed by atoms with Crippen LogP contribution in [0.3, 0.4) is 0 Å². The van der Waals surface area contributed by atoms with Crippen LogP contribution in [0, 0.1) is 25.7 Å². The number of sulfonamides is 1. The summed E-state index contributed by atoms with van der Waals surface area (Å²) in [5.41, 5.74) is 0.671. The summed E-state index contributed by atoms with van der Waals surface area (Å²) in [6, 6.07) is 0. The second-order valence-electron chi connectivity index (χ2n) is 6.16. The molecular weight excluding hydrogens is 292 g/mol. The summed E-state index contributed by atoms with van der Waals surface area (Å²) in [6.45, 7) is 4.30. The van der Waals surface area contributed by atoms with E-state index in [9.17, 15) is 13.2 Å². The monoisotopic (exact) mass is 312 g/mol. The Balaban J connectivity index is 1.98. The molecule has 1 aliphatic heterocycles. The number of hydrogen-bond acceptors (Lipinski definition) is 3. The number of aromatic carboxylic acids is 1. The number of H-pyrrole nitrogens is 1.